The van der Waals surface area contributed by atoms with Gasteiger partial charge in [0.25, 0.3) is 0 Å². The van der Waals surface area contributed by atoms with Crippen molar-refractivity contribution in [1.29, 1.82) is 0 Å². The van der Waals surface area contributed by atoms with E-state index in [-0.39, 0.29) is 0 Å². The van der Waals surface area contributed by atoms with E-state index in [0.29, 0.717) is 12.4 Å². The van der Waals surface area contributed by atoms with E-state index in [4.69, 9.17) is 4.98 Å². The molecular weight excluding hydrogens is 398 g/mol. The van der Waals surface area contributed by atoms with Crippen LogP contribution in [0.25, 0.3) is 39.8 Å². The third kappa shape index (κ3) is 3.69. The van der Waals surface area contributed by atoms with Crippen LogP contribution < -0.4 is 0 Å². The van der Waals surface area contributed by atoms with Crippen LogP contribution in [0.2, 0.25) is 0 Å². The number of nitrogens with one attached hydrogen (secondary N) is 1. The minimum absolute atomic E-state index is 0.586. The monoisotopic (exact) mass is 421 g/mol. The molecule has 0 aliphatic carbocycles. The maximum atomic E-state index is 4.86. The Morgan fingerprint density at radius 1 is 1.00 bits per heavy atom. The highest BCUT2D eigenvalue weighted by molar-refractivity contribution is 5.80. The number of rotatable bonds is 5. The molecule has 0 amide bonds. The summed E-state index contributed by atoms with van der Waals surface area (Å²) < 4.78 is 2.18. The molecule has 0 aliphatic heterocycles. The first-order valence-corrected chi connectivity index (χ1v) is 10.5. The Morgan fingerprint density at radius 2 is 1.78 bits per heavy atom. The Hall–Kier alpha value is -4.13. The lowest BCUT2D eigenvalue weighted by Gasteiger charge is -2.10. The first kappa shape index (κ1) is 19.8. The summed E-state index contributed by atoms with van der Waals surface area (Å²) in [7, 11) is 0. The van der Waals surface area contributed by atoms with E-state index in [2.05, 4.69) is 87.4 Å². The Balaban J connectivity index is 1.52. The Kier molecular flexibility index (Phi) is 5.07. The van der Waals surface area contributed by atoms with Crippen molar-refractivity contribution in [3.63, 3.8) is 0 Å². The third-order valence-corrected chi connectivity index (χ3v) is 5.40. The van der Waals surface area contributed by atoms with Crippen molar-refractivity contribution in [2.24, 2.45) is 0 Å². The van der Waals surface area contributed by atoms with Gasteiger partial charge in [0.2, 0.25) is 5.82 Å². The van der Waals surface area contributed by atoms with Crippen molar-refractivity contribution in [3.05, 3.63) is 83.3 Å². The molecule has 0 unspecified atom stereocenters. The fraction of sp³-hybridized carbons (Fsp3) is 0.160. The highest BCUT2D eigenvalue weighted by Gasteiger charge is 2.14. The standard InChI is InChI=1S/C25H23N7/c1-16(2)14-22-27-23-17(3)12-13-26-25(23)32(22)15-18-8-10-19(11-9-18)20-6-4-5-7-21(20)24-28-30-31-29-24/h4-14H,15H2,1-3H3,(H,28,29,30,31). The Labute approximate surface area is 185 Å². The fourth-order valence-electron chi connectivity index (χ4n) is 3.86. The molecular formula is C25H23N7. The number of fused-ring (bicyclic) bond motifs is 1. The molecule has 7 nitrogen and oxygen atoms in total. The van der Waals surface area contributed by atoms with Crippen LogP contribution in [0.4, 0.5) is 0 Å². The van der Waals surface area contributed by atoms with Gasteiger partial charge in [-0.05, 0) is 60.4 Å². The van der Waals surface area contributed by atoms with Crippen LogP contribution in [0.3, 0.4) is 0 Å². The number of imidazole rings is 1. The van der Waals surface area contributed by atoms with Gasteiger partial charge >= 0.3 is 0 Å². The first-order valence-electron chi connectivity index (χ1n) is 10.5. The van der Waals surface area contributed by atoms with Crippen LogP contribution in [0, 0.1) is 6.92 Å². The summed E-state index contributed by atoms with van der Waals surface area (Å²) in [5.41, 5.74) is 8.48. The molecule has 158 valence electrons. The zero-order chi connectivity index (χ0) is 22.1. The molecule has 0 bridgehead atoms. The second-order valence-electron chi connectivity index (χ2n) is 8.06. The molecule has 5 aromatic rings. The zero-order valence-corrected chi connectivity index (χ0v) is 18.2. The Bertz CT molecular complexity index is 1410. The highest BCUT2D eigenvalue weighted by Crippen LogP contribution is 2.30. The molecule has 5 rings (SSSR count). The molecule has 3 aromatic heterocycles. The molecule has 1 N–H and O–H groups in total. The molecule has 2 aromatic carbocycles. The first-order chi connectivity index (χ1) is 15.6. The van der Waals surface area contributed by atoms with Crippen molar-refractivity contribution in [3.8, 4) is 22.5 Å². The van der Waals surface area contributed by atoms with E-state index in [1.165, 1.54) is 11.1 Å². The summed E-state index contributed by atoms with van der Waals surface area (Å²) in [6, 6.07) is 18.6. The average Bonchev–Trinajstić information content (AvgIpc) is 3.44. The van der Waals surface area contributed by atoms with E-state index in [1.807, 2.05) is 30.5 Å². The second kappa shape index (κ2) is 8.19. The Morgan fingerprint density at radius 3 is 2.50 bits per heavy atom. The number of hydrogen-bond donors (Lipinski definition) is 1. The van der Waals surface area contributed by atoms with Gasteiger partial charge in [-0.15, -0.1) is 10.2 Å². The van der Waals surface area contributed by atoms with Crippen LogP contribution in [0.15, 0.2) is 66.4 Å². The topological polar surface area (TPSA) is 85.2 Å². The van der Waals surface area contributed by atoms with E-state index >= 15 is 0 Å². The van der Waals surface area contributed by atoms with Crippen molar-refractivity contribution in [2.75, 3.05) is 0 Å². The quantitative estimate of drug-likeness (QED) is 0.429. The van der Waals surface area contributed by atoms with Gasteiger partial charge in [0.15, 0.2) is 5.65 Å². The second-order valence-corrected chi connectivity index (χ2v) is 8.06. The van der Waals surface area contributed by atoms with E-state index in [9.17, 15) is 0 Å². The lowest BCUT2D eigenvalue weighted by atomic mass is 9.98. The molecule has 32 heavy (non-hydrogen) atoms. The molecule has 0 fully saturated rings. The normalized spacial score (nSPS) is 11.1. The smallest absolute Gasteiger partial charge is 0.205 e. The minimum Gasteiger partial charge on any atom is -0.305 e. The average molecular weight is 422 g/mol. The number of aromatic nitrogens is 7. The summed E-state index contributed by atoms with van der Waals surface area (Å²) >= 11 is 0. The van der Waals surface area contributed by atoms with Gasteiger partial charge in [0.1, 0.15) is 11.3 Å². The molecule has 0 radical (unpaired) electrons. The number of pyridine rings is 1. The predicted octanol–water partition coefficient (Wildman–Crippen LogP) is 5.06. The minimum atomic E-state index is 0.586. The van der Waals surface area contributed by atoms with Crippen LogP contribution in [0.5, 0.6) is 0 Å². The van der Waals surface area contributed by atoms with Crippen LogP contribution in [-0.2, 0) is 6.54 Å². The van der Waals surface area contributed by atoms with Crippen molar-refractivity contribution in [2.45, 2.75) is 27.3 Å². The molecule has 7 heteroatoms. The molecule has 0 atom stereocenters. The number of hydrogen-bond acceptors (Lipinski definition) is 5. The van der Waals surface area contributed by atoms with Crippen LogP contribution in [-0.4, -0.2) is 35.2 Å². The zero-order valence-electron chi connectivity index (χ0n) is 18.2. The van der Waals surface area contributed by atoms with E-state index < -0.39 is 0 Å². The molecule has 0 aliphatic rings. The largest absolute Gasteiger partial charge is 0.305 e. The number of allylic oxidation sites excluding steroid dienone is 1. The van der Waals surface area contributed by atoms with Crippen LogP contribution >= 0.6 is 0 Å². The van der Waals surface area contributed by atoms with E-state index in [1.54, 1.807) is 0 Å². The van der Waals surface area contributed by atoms with Crippen molar-refractivity contribution >= 4 is 17.2 Å². The van der Waals surface area contributed by atoms with Crippen molar-refractivity contribution in [1.82, 2.24) is 35.2 Å². The third-order valence-electron chi connectivity index (χ3n) is 5.40. The summed E-state index contributed by atoms with van der Waals surface area (Å²) in [6.45, 7) is 6.93. The summed E-state index contributed by atoms with van der Waals surface area (Å²) in [4.78, 5) is 9.47. The lowest BCUT2D eigenvalue weighted by molar-refractivity contribution is 0.803. The lowest BCUT2D eigenvalue weighted by Crippen LogP contribution is -2.03. The van der Waals surface area contributed by atoms with Gasteiger partial charge in [0, 0.05) is 11.8 Å². The summed E-state index contributed by atoms with van der Waals surface area (Å²) in [5, 5.41) is 14.5. The van der Waals surface area contributed by atoms with Gasteiger partial charge < -0.3 is 4.57 Å². The number of nitrogens with zero attached hydrogens (tertiary/aromatic N) is 6. The number of benzene rings is 2. The number of aryl methyl sites for hydroxylation is 1. The molecule has 0 saturated carbocycles. The molecule has 0 saturated heterocycles. The van der Waals surface area contributed by atoms with E-state index in [0.717, 1.165) is 39.2 Å². The fourth-order valence-corrected chi connectivity index (χ4v) is 3.86. The maximum absolute atomic E-state index is 4.86. The number of tetrazole rings is 1. The predicted molar refractivity (Wildman–Crippen MR) is 126 cm³/mol. The molecule has 0 spiro atoms. The van der Waals surface area contributed by atoms with Gasteiger partial charge in [0.05, 0.1) is 6.54 Å². The number of aromatic amines is 1. The van der Waals surface area contributed by atoms with Gasteiger partial charge in [-0.25, -0.2) is 9.97 Å². The van der Waals surface area contributed by atoms with Crippen LogP contribution in [0.1, 0.15) is 30.8 Å². The highest BCUT2D eigenvalue weighted by atomic mass is 15.5. The van der Waals surface area contributed by atoms with Gasteiger partial charge in [-0.2, -0.15) is 5.21 Å². The van der Waals surface area contributed by atoms with Crippen molar-refractivity contribution < 1.29 is 0 Å². The summed E-state index contributed by atoms with van der Waals surface area (Å²) in [5.74, 6) is 1.51. The van der Waals surface area contributed by atoms with Gasteiger partial charge in [-0.3, -0.25) is 0 Å². The summed E-state index contributed by atoms with van der Waals surface area (Å²) in [6.07, 6.45) is 3.96. The van der Waals surface area contributed by atoms with Gasteiger partial charge in [-0.1, -0.05) is 54.1 Å². The maximum Gasteiger partial charge on any atom is 0.205 e. The number of H-pyrrole nitrogens is 1. The SMILES string of the molecule is CC(C)=Cc1nc2c(C)ccnc2n1Cc1ccc(-c2ccccc2-c2nn[nH]n2)cc1. The molecule has 3 heterocycles.